The van der Waals surface area contributed by atoms with Gasteiger partial charge in [-0.25, -0.2) is 9.78 Å². The fourth-order valence-corrected chi connectivity index (χ4v) is 3.68. The lowest BCUT2D eigenvalue weighted by molar-refractivity contribution is -0.133. The number of pyridine rings is 1. The van der Waals surface area contributed by atoms with Crippen molar-refractivity contribution in [3.05, 3.63) is 53.3 Å². The fourth-order valence-electron chi connectivity index (χ4n) is 3.68. The molecule has 0 radical (unpaired) electrons. The van der Waals surface area contributed by atoms with Gasteiger partial charge in [0, 0.05) is 23.9 Å². The average molecular weight is 518 g/mol. The summed E-state index contributed by atoms with van der Waals surface area (Å²) in [6.45, 7) is 6.43. The Morgan fingerprint density at radius 3 is 2.54 bits per heavy atom. The number of aliphatic hydroxyl groups excluding tert-OH is 1. The van der Waals surface area contributed by atoms with Gasteiger partial charge >= 0.3 is 12.1 Å². The second-order valence-corrected chi connectivity index (χ2v) is 9.45. The molecule has 0 aliphatic heterocycles. The highest BCUT2D eigenvalue weighted by molar-refractivity contribution is 5.91. The number of anilines is 1. The third-order valence-electron chi connectivity index (χ3n) is 5.48. The highest BCUT2D eigenvalue weighted by Crippen LogP contribution is 2.31. The van der Waals surface area contributed by atoms with Crippen LogP contribution in [0.25, 0.3) is 16.9 Å². The summed E-state index contributed by atoms with van der Waals surface area (Å²) < 4.78 is 51.9. The van der Waals surface area contributed by atoms with Gasteiger partial charge in [-0.1, -0.05) is 17.9 Å². The lowest BCUT2D eigenvalue weighted by Crippen LogP contribution is -2.35. The molecule has 2 heterocycles. The van der Waals surface area contributed by atoms with Crippen molar-refractivity contribution < 1.29 is 32.5 Å². The second kappa shape index (κ2) is 11.2. The average Bonchev–Trinajstić information content (AvgIpc) is 3.24. The summed E-state index contributed by atoms with van der Waals surface area (Å²) in [4.78, 5) is 18.0. The minimum atomic E-state index is -4.36. The van der Waals surface area contributed by atoms with E-state index < -0.39 is 24.2 Å². The Morgan fingerprint density at radius 2 is 1.95 bits per heavy atom. The van der Waals surface area contributed by atoms with E-state index >= 15 is 0 Å². The first kappa shape index (κ1) is 28.0. The standard InChI is InChI=1S/C27H30F3N3O4/c1-18-13-20(8-9-21(18)25(35)36-5)23-15-31-24-22(14-19(7-6-12-34)16-33(23)24)32(11-10-27(28,29)30)17-37-26(2,3)4/h8-9,13-16,34H,10-12,17H2,1-5H3. The molecule has 198 valence electrons. The van der Waals surface area contributed by atoms with E-state index in [4.69, 9.17) is 9.47 Å². The second-order valence-electron chi connectivity index (χ2n) is 9.45. The van der Waals surface area contributed by atoms with E-state index in [1.54, 1.807) is 41.9 Å². The molecule has 0 amide bonds. The van der Waals surface area contributed by atoms with Gasteiger partial charge in [-0.3, -0.25) is 4.40 Å². The van der Waals surface area contributed by atoms with Crippen molar-refractivity contribution in [3.8, 4) is 23.1 Å². The maximum Gasteiger partial charge on any atom is 0.390 e. The Labute approximate surface area is 213 Å². The summed E-state index contributed by atoms with van der Waals surface area (Å²) in [7, 11) is 1.31. The number of benzene rings is 1. The van der Waals surface area contributed by atoms with Gasteiger partial charge in [-0.2, -0.15) is 13.2 Å². The molecule has 0 aliphatic rings. The minimum absolute atomic E-state index is 0.0960. The topological polar surface area (TPSA) is 76.3 Å². The SMILES string of the molecule is COC(=O)c1ccc(-c2cnc3c(N(CCC(F)(F)F)COC(C)(C)C)cc(C#CCO)cn23)cc1C. The molecule has 0 bridgehead atoms. The fraction of sp³-hybridized carbons (Fsp3) is 0.407. The lowest BCUT2D eigenvalue weighted by Gasteiger charge is -2.30. The zero-order valence-corrected chi connectivity index (χ0v) is 21.4. The van der Waals surface area contributed by atoms with Crippen LogP contribution in [0.4, 0.5) is 18.9 Å². The minimum Gasteiger partial charge on any atom is -0.465 e. The number of aliphatic hydroxyl groups is 1. The number of halogens is 3. The number of nitrogens with zero attached hydrogens (tertiary/aromatic N) is 3. The molecular formula is C27H30F3N3O4. The van der Waals surface area contributed by atoms with Gasteiger partial charge in [-0.15, -0.1) is 0 Å². The van der Waals surface area contributed by atoms with E-state index in [-0.39, 0.29) is 19.9 Å². The Hall–Kier alpha value is -3.55. The van der Waals surface area contributed by atoms with Crippen molar-refractivity contribution in [1.29, 1.82) is 0 Å². The van der Waals surface area contributed by atoms with Gasteiger partial charge in [0.15, 0.2) is 5.65 Å². The van der Waals surface area contributed by atoms with Gasteiger partial charge in [0.05, 0.1) is 42.3 Å². The summed E-state index contributed by atoms with van der Waals surface area (Å²) in [6, 6.07) is 6.85. The van der Waals surface area contributed by atoms with E-state index in [2.05, 4.69) is 16.8 Å². The molecule has 3 rings (SSSR count). The predicted octanol–water partition coefficient (Wildman–Crippen LogP) is 4.97. The van der Waals surface area contributed by atoms with E-state index in [1.165, 1.54) is 12.0 Å². The monoisotopic (exact) mass is 517 g/mol. The maximum absolute atomic E-state index is 13.2. The normalized spacial score (nSPS) is 11.8. The summed E-state index contributed by atoms with van der Waals surface area (Å²) in [5.74, 6) is 4.97. The number of hydrogen-bond donors (Lipinski definition) is 1. The van der Waals surface area contributed by atoms with Crippen LogP contribution in [0.5, 0.6) is 0 Å². The van der Waals surface area contributed by atoms with Crippen LogP contribution >= 0.6 is 0 Å². The molecule has 0 atom stereocenters. The molecule has 3 aromatic rings. The summed E-state index contributed by atoms with van der Waals surface area (Å²) in [5.41, 5.74) is 3.23. The van der Waals surface area contributed by atoms with Crippen LogP contribution < -0.4 is 4.90 Å². The van der Waals surface area contributed by atoms with Gasteiger partial charge in [-0.05, 0) is 51.5 Å². The molecule has 1 N–H and O–H groups in total. The Bertz CT molecular complexity index is 1310. The molecule has 0 spiro atoms. The van der Waals surface area contributed by atoms with Crippen LogP contribution in [0, 0.1) is 18.8 Å². The Morgan fingerprint density at radius 1 is 1.22 bits per heavy atom. The van der Waals surface area contributed by atoms with Crippen LogP contribution in [-0.4, -0.2) is 59.2 Å². The van der Waals surface area contributed by atoms with Crippen molar-refractivity contribution in [1.82, 2.24) is 9.38 Å². The highest BCUT2D eigenvalue weighted by atomic mass is 19.4. The number of alkyl halides is 3. The number of methoxy groups -OCH3 is 1. The zero-order chi connectivity index (χ0) is 27.4. The van der Waals surface area contributed by atoms with E-state index in [1.807, 2.05) is 26.8 Å². The number of hydrogen-bond acceptors (Lipinski definition) is 6. The van der Waals surface area contributed by atoms with Crippen molar-refractivity contribution in [2.75, 3.05) is 31.9 Å². The largest absolute Gasteiger partial charge is 0.465 e. The van der Waals surface area contributed by atoms with Crippen molar-refractivity contribution in [2.45, 2.75) is 45.9 Å². The molecule has 10 heteroatoms. The maximum atomic E-state index is 13.2. The highest BCUT2D eigenvalue weighted by Gasteiger charge is 2.29. The summed E-state index contributed by atoms with van der Waals surface area (Å²) in [5, 5.41) is 9.20. The van der Waals surface area contributed by atoms with Crippen LogP contribution in [0.2, 0.25) is 0 Å². The first-order valence-electron chi connectivity index (χ1n) is 11.6. The molecule has 0 aliphatic carbocycles. The molecule has 1 aromatic carbocycles. The van der Waals surface area contributed by atoms with E-state index in [0.29, 0.717) is 33.7 Å². The lowest BCUT2D eigenvalue weighted by atomic mass is 10.0. The smallest absolute Gasteiger partial charge is 0.390 e. The molecular weight excluding hydrogens is 487 g/mol. The van der Waals surface area contributed by atoms with Gasteiger partial charge in [0.25, 0.3) is 0 Å². The zero-order valence-electron chi connectivity index (χ0n) is 21.4. The molecule has 0 saturated carbocycles. The molecule has 0 unspecified atom stereocenters. The van der Waals surface area contributed by atoms with Crippen molar-refractivity contribution >= 4 is 17.3 Å². The predicted molar refractivity (Wildman–Crippen MR) is 134 cm³/mol. The van der Waals surface area contributed by atoms with E-state index in [9.17, 15) is 23.1 Å². The molecule has 7 nitrogen and oxygen atoms in total. The van der Waals surface area contributed by atoms with Crippen molar-refractivity contribution in [3.63, 3.8) is 0 Å². The number of aromatic nitrogens is 2. The third-order valence-corrected chi connectivity index (χ3v) is 5.48. The number of ether oxygens (including phenoxy) is 2. The molecule has 37 heavy (non-hydrogen) atoms. The molecule has 0 saturated heterocycles. The quantitative estimate of drug-likeness (QED) is 0.271. The number of carbonyl (C=O) groups excluding carboxylic acids is 1. The van der Waals surface area contributed by atoms with Gasteiger partial charge in [0.1, 0.15) is 13.3 Å². The molecule has 2 aromatic heterocycles. The van der Waals surface area contributed by atoms with Gasteiger partial charge < -0.3 is 19.5 Å². The first-order chi connectivity index (χ1) is 17.3. The number of carbonyl (C=O) groups is 1. The van der Waals surface area contributed by atoms with Gasteiger partial charge in [0.2, 0.25) is 0 Å². The summed E-state index contributed by atoms with van der Waals surface area (Å²) in [6.07, 6.45) is -2.08. The number of fused-ring (bicyclic) bond motifs is 1. The van der Waals surface area contributed by atoms with Crippen LogP contribution in [0.3, 0.4) is 0 Å². The number of aryl methyl sites for hydroxylation is 1. The Kier molecular flexibility index (Phi) is 8.51. The molecule has 0 fully saturated rings. The van der Waals surface area contributed by atoms with E-state index in [0.717, 1.165) is 5.56 Å². The first-order valence-corrected chi connectivity index (χ1v) is 11.6. The van der Waals surface area contributed by atoms with Crippen LogP contribution in [0.15, 0.2) is 36.7 Å². The number of esters is 1. The number of imidazole rings is 1. The van der Waals surface area contributed by atoms with Crippen LogP contribution in [-0.2, 0) is 9.47 Å². The summed E-state index contributed by atoms with van der Waals surface area (Å²) >= 11 is 0. The van der Waals surface area contributed by atoms with Crippen LogP contribution in [0.1, 0.15) is 48.7 Å². The Balaban J connectivity index is 2.17. The number of rotatable bonds is 7. The van der Waals surface area contributed by atoms with Crippen molar-refractivity contribution in [2.24, 2.45) is 0 Å². The third kappa shape index (κ3) is 7.24.